The summed E-state index contributed by atoms with van der Waals surface area (Å²) >= 11 is 0. The third kappa shape index (κ3) is 2.57. The maximum absolute atomic E-state index is 5.24. The van der Waals surface area contributed by atoms with Crippen LogP contribution in [-0.2, 0) is 11.2 Å². The van der Waals surface area contributed by atoms with Gasteiger partial charge in [0.05, 0.1) is 6.61 Å². The van der Waals surface area contributed by atoms with E-state index in [0.717, 1.165) is 13.0 Å². The minimum absolute atomic E-state index is 0.549. The van der Waals surface area contributed by atoms with E-state index in [2.05, 4.69) is 49.4 Å². The molecular weight excluding hydrogens is 184 g/mol. The highest BCUT2D eigenvalue weighted by molar-refractivity contribution is 5.82. The first kappa shape index (κ1) is 10.2. The summed E-state index contributed by atoms with van der Waals surface area (Å²) in [4.78, 5) is 0. The fraction of sp³-hybridized carbons (Fsp3) is 0.214. The van der Waals surface area contributed by atoms with Gasteiger partial charge in [-0.3, -0.25) is 0 Å². The third-order valence-electron chi connectivity index (χ3n) is 2.49. The molecule has 1 heteroatoms. The van der Waals surface area contributed by atoms with Crippen LogP contribution in [-0.4, -0.2) is 13.2 Å². The van der Waals surface area contributed by atoms with Crippen molar-refractivity contribution in [1.82, 2.24) is 0 Å². The summed E-state index contributed by atoms with van der Waals surface area (Å²) in [5.74, 6) is 0. The number of ether oxygens (including phenoxy) is 1. The first-order chi connectivity index (χ1) is 7.40. The van der Waals surface area contributed by atoms with E-state index in [4.69, 9.17) is 4.74 Å². The average molecular weight is 199 g/mol. The molecule has 2 rings (SSSR count). The van der Waals surface area contributed by atoms with Gasteiger partial charge in [-0.15, -0.1) is 0 Å². The molecule has 0 aliphatic rings. The van der Waals surface area contributed by atoms with Crippen molar-refractivity contribution in [2.75, 3.05) is 13.2 Å². The first-order valence-electron chi connectivity index (χ1n) is 5.25. The van der Waals surface area contributed by atoms with Gasteiger partial charge in [0.1, 0.15) is 0 Å². The molecule has 0 aromatic heterocycles. The SMILES string of the molecule is [CH2]COCCc1ccc2ccccc2c1. The highest BCUT2D eigenvalue weighted by Crippen LogP contribution is 2.15. The molecule has 0 bridgehead atoms. The Morgan fingerprint density at radius 2 is 1.80 bits per heavy atom. The predicted molar refractivity (Wildman–Crippen MR) is 63.8 cm³/mol. The summed E-state index contributed by atoms with van der Waals surface area (Å²) in [7, 11) is 0. The topological polar surface area (TPSA) is 9.23 Å². The summed E-state index contributed by atoms with van der Waals surface area (Å²) in [6, 6.07) is 14.9. The molecule has 0 amide bonds. The zero-order valence-electron chi connectivity index (χ0n) is 8.78. The van der Waals surface area contributed by atoms with E-state index in [0.29, 0.717) is 6.61 Å². The van der Waals surface area contributed by atoms with Crippen molar-refractivity contribution >= 4 is 10.8 Å². The van der Waals surface area contributed by atoms with Crippen LogP contribution >= 0.6 is 0 Å². The van der Waals surface area contributed by atoms with Crippen molar-refractivity contribution in [1.29, 1.82) is 0 Å². The lowest BCUT2D eigenvalue weighted by molar-refractivity contribution is 0.164. The normalized spacial score (nSPS) is 10.7. The van der Waals surface area contributed by atoms with E-state index in [1.807, 2.05) is 0 Å². The van der Waals surface area contributed by atoms with Gasteiger partial charge >= 0.3 is 0 Å². The van der Waals surface area contributed by atoms with Gasteiger partial charge in [-0.25, -0.2) is 0 Å². The quantitative estimate of drug-likeness (QED) is 0.687. The summed E-state index contributed by atoms with van der Waals surface area (Å²) < 4.78 is 5.24. The Morgan fingerprint density at radius 3 is 2.60 bits per heavy atom. The summed E-state index contributed by atoms with van der Waals surface area (Å²) in [6.45, 7) is 4.95. The largest absolute Gasteiger partial charge is 0.381 e. The minimum atomic E-state index is 0.549. The van der Waals surface area contributed by atoms with Crippen molar-refractivity contribution in [3.63, 3.8) is 0 Å². The third-order valence-corrected chi connectivity index (χ3v) is 2.49. The second-order valence-electron chi connectivity index (χ2n) is 3.54. The van der Waals surface area contributed by atoms with E-state index < -0.39 is 0 Å². The second-order valence-corrected chi connectivity index (χ2v) is 3.54. The molecule has 0 heterocycles. The van der Waals surface area contributed by atoms with E-state index in [1.54, 1.807) is 0 Å². The zero-order chi connectivity index (χ0) is 10.5. The standard InChI is InChI=1S/C14H15O/c1-2-15-10-9-12-7-8-13-5-3-4-6-14(13)11-12/h3-8,11H,1-2,9-10H2. The zero-order valence-corrected chi connectivity index (χ0v) is 8.78. The maximum Gasteiger partial charge on any atom is 0.0506 e. The number of benzene rings is 2. The van der Waals surface area contributed by atoms with E-state index in [-0.39, 0.29) is 0 Å². The highest BCUT2D eigenvalue weighted by Gasteiger charge is 1.95. The predicted octanol–water partition coefficient (Wildman–Crippen LogP) is 3.23. The van der Waals surface area contributed by atoms with Gasteiger partial charge in [-0.2, -0.15) is 0 Å². The molecule has 1 radical (unpaired) electrons. The van der Waals surface area contributed by atoms with E-state index >= 15 is 0 Å². The van der Waals surface area contributed by atoms with E-state index in [9.17, 15) is 0 Å². The second kappa shape index (κ2) is 4.94. The molecular formula is C14H15O. The molecule has 0 aliphatic carbocycles. The number of hydrogen-bond acceptors (Lipinski definition) is 1. The van der Waals surface area contributed by atoms with Crippen LogP contribution in [0, 0.1) is 6.92 Å². The highest BCUT2D eigenvalue weighted by atomic mass is 16.5. The lowest BCUT2D eigenvalue weighted by Gasteiger charge is -2.03. The first-order valence-corrected chi connectivity index (χ1v) is 5.25. The Labute approximate surface area is 90.7 Å². The van der Waals surface area contributed by atoms with Crippen LogP contribution in [0.2, 0.25) is 0 Å². The van der Waals surface area contributed by atoms with Crippen LogP contribution in [0.15, 0.2) is 42.5 Å². The Hall–Kier alpha value is -1.34. The minimum Gasteiger partial charge on any atom is -0.381 e. The molecule has 0 saturated carbocycles. The number of rotatable bonds is 4. The molecule has 0 fully saturated rings. The van der Waals surface area contributed by atoms with Gasteiger partial charge in [0.15, 0.2) is 0 Å². The van der Waals surface area contributed by atoms with Crippen molar-refractivity contribution in [2.24, 2.45) is 0 Å². The van der Waals surface area contributed by atoms with Crippen LogP contribution in [0.4, 0.5) is 0 Å². The Kier molecular flexibility index (Phi) is 3.36. The van der Waals surface area contributed by atoms with Gasteiger partial charge in [-0.1, -0.05) is 42.5 Å². The molecule has 15 heavy (non-hydrogen) atoms. The van der Waals surface area contributed by atoms with Crippen molar-refractivity contribution in [2.45, 2.75) is 6.42 Å². The lowest BCUT2D eigenvalue weighted by atomic mass is 10.1. The number of fused-ring (bicyclic) bond motifs is 1. The Morgan fingerprint density at radius 1 is 1.00 bits per heavy atom. The van der Waals surface area contributed by atoms with Crippen LogP contribution in [0.3, 0.4) is 0 Å². The van der Waals surface area contributed by atoms with Crippen LogP contribution < -0.4 is 0 Å². The van der Waals surface area contributed by atoms with E-state index in [1.165, 1.54) is 16.3 Å². The van der Waals surface area contributed by atoms with Crippen molar-refractivity contribution in [3.05, 3.63) is 55.0 Å². The average Bonchev–Trinajstić information content (AvgIpc) is 2.29. The van der Waals surface area contributed by atoms with Gasteiger partial charge in [0.25, 0.3) is 0 Å². The Balaban J connectivity index is 2.16. The Bertz CT molecular complexity index is 434. The smallest absolute Gasteiger partial charge is 0.0506 e. The molecule has 77 valence electrons. The van der Waals surface area contributed by atoms with Gasteiger partial charge in [0, 0.05) is 6.61 Å². The van der Waals surface area contributed by atoms with Gasteiger partial charge in [0.2, 0.25) is 0 Å². The molecule has 0 unspecified atom stereocenters. The summed E-state index contributed by atoms with van der Waals surface area (Å²) in [6.07, 6.45) is 0.959. The van der Waals surface area contributed by atoms with Gasteiger partial charge < -0.3 is 4.74 Å². The molecule has 1 nitrogen and oxygen atoms in total. The summed E-state index contributed by atoms with van der Waals surface area (Å²) in [5.41, 5.74) is 1.32. The van der Waals surface area contributed by atoms with Crippen molar-refractivity contribution in [3.8, 4) is 0 Å². The fourth-order valence-electron chi connectivity index (χ4n) is 1.69. The molecule has 2 aromatic carbocycles. The number of hydrogen-bond donors (Lipinski definition) is 0. The van der Waals surface area contributed by atoms with Crippen LogP contribution in [0.1, 0.15) is 5.56 Å². The fourth-order valence-corrected chi connectivity index (χ4v) is 1.69. The van der Waals surface area contributed by atoms with Crippen LogP contribution in [0.25, 0.3) is 10.8 Å². The molecule has 0 atom stereocenters. The lowest BCUT2D eigenvalue weighted by Crippen LogP contribution is -1.97. The van der Waals surface area contributed by atoms with Crippen LogP contribution in [0.5, 0.6) is 0 Å². The molecule has 0 aliphatic heterocycles. The monoisotopic (exact) mass is 199 g/mol. The van der Waals surface area contributed by atoms with Crippen molar-refractivity contribution < 1.29 is 4.74 Å². The molecule has 0 saturated heterocycles. The molecule has 0 spiro atoms. The summed E-state index contributed by atoms with van der Waals surface area (Å²) in [5, 5.41) is 2.59. The molecule has 2 aromatic rings. The van der Waals surface area contributed by atoms with Gasteiger partial charge in [-0.05, 0) is 29.7 Å². The molecule has 0 N–H and O–H groups in total. The maximum atomic E-state index is 5.24.